The maximum Gasteiger partial charge on any atom is 0.0979 e. The molecule has 0 N–H and O–H groups in total. The van der Waals surface area contributed by atoms with Crippen LogP contribution in [0.2, 0.25) is 0 Å². The molecule has 0 aliphatic carbocycles. The average molecular weight is 660 g/mol. The minimum atomic E-state index is 0.0133. The summed E-state index contributed by atoms with van der Waals surface area (Å²) in [4.78, 5) is 10.6. The van der Waals surface area contributed by atoms with E-state index in [9.17, 15) is 0 Å². The summed E-state index contributed by atoms with van der Waals surface area (Å²) >= 11 is 0. The molecular formula is C48H41N3. The van der Waals surface area contributed by atoms with E-state index in [1.54, 1.807) is 0 Å². The third-order valence-corrected chi connectivity index (χ3v) is 10.5. The third-order valence-electron chi connectivity index (χ3n) is 10.5. The first kappa shape index (κ1) is 31.2. The fraction of sp³-hybridized carbons (Fsp3) is 0.167. The van der Waals surface area contributed by atoms with Crippen LogP contribution in [0.4, 0.5) is 0 Å². The maximum atomic E-state index is 5.44. The Balaban J connectivity index is 1.22. The van der Waals surface area contributed by atoms with Crippen LogP contribution in [0, 0.1) is 0 Å². The van der Waals surface area contributed by atoms with Gasteiger partial charge in [-0.2, -0.15) is 0 Å². The number of hydrogen-bond acceptors (Lipinski definition) is 2. The van der Waals surface area contributed by atoms with Crippen LogP contribution in [-0.4, -0.2) is 14.5 Å². The van der Waals surface area contributed by atoms with Crippen LogP contribution < -0.4 is 0 Å². The molecule has 0 aliphatic rings. The summed E-state index contributed by atoms with van der Waals surface area (Å²) in [5, 5.41) is 7.24. The largest absolute Gasteiger partial charge is 0.309 e. The Bertz CT molecular complexity index is 2810. The molecule has 0 fully saturated rings. The fourth-order valence-corrected chi connectivity index (χ4v) is 7.66. The number of aromatic nitrogens is 3. The molecule has 0 atom stereocenters. The summed E-state index contributed by atoms with van der Waals surface area (Å²) in [6.07, 6.45) is 1.96. The molecule has 2 aromatic heterocycles. The van der Waals surface area contributed by atoms with Crippen molar-refractivity contribution in [1.29, 1.82) is 0 Å². The Morgan fingerprint density at radius 1 is 0.431 bits per heavy atom. The van der Waals surface area contributed by atoms with E-state index in [0.717, 1.165) is 44.3 Å². The molecule has 51 heavy (non-hydrogen) atoms. The highest BCUT2D eigenvalue weighted by Gasteiger charge is 2.21. The van der Waals surface area contributed by atoms with Gasteiger partial charge in [0.25, 0.3) is 0 Å². The van der Waals surface area contributed by atoms with Crippen molar-refractivity contribution in [2.75, 3.05) is 0 Å². The molecule has 0 bridgehead atoms. The first-order valence-corrected chi connectivity index (χ1v) is 17.9. The lowest BCUT2D eigenvalue weighted by Gasteiger charge is -2.22. The lowest BCUT2D eigenvalue weighted by molar-refractivity contribution is 0.591. The highest BCUT2D eigenvalue weighted by atomic mass is 15.0. The zero-order valence-electron chi connectivity index (χ0n) is 30.1. The lowest BCUT2D eigenvalue weighted by atomic mass is 9.83. The van der Waals surface area contributed by atoms with E-state index < -0.39 is 0 Å². The molecule has 3 heteroatoms. The molecule has 0 radical (unpaired) electrons. The van der Waals surface area contributed by atoms with Crippen LogP contribution in [-0.2, 0) is 10.8 Å². The summed E-state index contributed by atoms with van der Waals surface area (Å²) in [6.45, 7) is 13.6. The van der Waals surface area contributed by atoms with Crippen LogP contribution in [0.3, 0.4) is 0 Å². The summed E-state index contributed by atoms with van der Waals surface area (Å²) in [6, 6.07) is 48.7. The van der Waals surface area contributed by atoms with Crippen molar-refractivity contribution >= 4 is 54.4 Å². The van der Waals surface area contributed by atoms with Crippen molar-refractivity contribution < 1.29 is 0 Å². The first-order valence-electron chi connectivity index (χ1n) is 17.9. The van der Waals surface area contributed by atoms with E-state index in [4.69, 9.17) is 9.97 Å². The Kier molecular flexibility index (Phi) is 6.95. The van der Waals surface area contributed by atoms with Crippen LogP contribution in [0.25, 0.3) is 82.5 Å². The van der Waals surface area contributed by atoms with E-state index in [1.165, 1.54) is 49.3 Å². The third kappa shape index (κ3) is 5.19. The topological polar surface area (TPSA) is 30.7 Å². The minimum Gasteiger partial charge on any atom is -0.309 e. The van der Waals surface area contributed by atoms with Gasteiger partial charge in [0.05, 0.1) is 34.0 Å². The van der Waals surface area contributed by atoms with Gasteiger partial charge in [0.1, 0.15) is 0 Å². The normalized spacial score (nSPS) is 12.5. The van der Waals surface area contributed by atoms with E-state index in [2.05, 4.69) is 180 Å². The van der Waals surface area contributed by atoms with E-state index in [0.29, 0.717) is 0 Å². The van der Waals surface area contributed by atoms with Crippen molar-refractivity contribution in [2.45, 2.75) is 52.4 Å². The van der Waals surface area contributed by atoms with Crippen LogP contribution in [0.5, 0.6) is 0 Å². The number of para-hydroxylation sites is 2. The minimum absolute atomic E-state index is 0.0133. The standard InChI is InChI=1S/C48H41N3/c1-47(2,3)33-20-22-36-37-23-21-34(48(4,5)6)28-41(37)46-45(40(36)27-33)49-29-42(50-46)32-14-12-13-30(25-32)31-19-24-44-39(26-31)38-17-10-11-18-43(38)51(44)35-15-8-7-9-16-35/h7-29H,1-6H3. The summed E-state index contributed by atoms with van der Waals surface area (Å²) in [5.41, 5.74) is 12.4. The highest BCUT2D eigenvalue weighted by molar-refractivity contribution is 6.23. The molecule has 9 rings (SSSR count). The SMILES string of the molecule is CC(C)(C)c1ccc2c3ccc(C(C)(C)C)cc3c3nc(-c4cccc(-c5ccc6c(c5)c5ccccc5n6-c5ccccc5)c4)cnc3c2c1. The van der Waals surface area contributed by atoms with Crippen LogP contribution in [0.1, 0.15) is 52.7 Å². The Hall–Kier alpha value is -5.80. The van der Waals surface area contributed by atoms with Gasteiger partial charge < -0.3 is 4.57 Å². The smallest absolute Gasteiger partial charge is 0.0979 e. The second kappa shape index (κ2) is 11.4. The second-order valence-corrected chi connectivity index (χ2v) is 16.0. The van der Waals surface area contributed by atoms with Gasteiger partial charge in [-0.15, -0.1) is 0 Å². The molecule has 2 heterocycles. The van der Waals surface area contributed by atoms with Crippen molar-refractivity contribution in [3.63, 3.8) is 0 Å². The summed E-state index contributed by atoms with van der Waals surface area (Å²) in [7, 11) is 0. The van der Waals surface area contributed by atoms with E-state index in [-0.39, 0.29) is 10.8 Å². The molecule has 9 aromatic rings. The van der Waals surface area contributed by atoms with Crippen LogP contribution >= 0.6 is 0 Å². The van der Waals surface area contributed by atoms with Crippen molar-refractivity contribution in [1.82, 2.24) is 14.5 Å². The number of nitrogens with zero attached hydrogens (tertiary/aromatic N) is 3. The molecule has 7 aromatic carbocycles. The number of fused-ring (bicyclic) bond motifs is 9. The molecule has 0 saturated heterocycles. The van der Waals surface area contributed by atoms with E-state index in [1.807, 2.05) is 6.20 Å². The van der Waals surface area contributed by atoms with Crippen LogP contribution in [0.15, 0.2) is 140 Å². The summed E-state index contributed by atoms with van der Waals surface area (Å²) in [5.74, 6) is 0. The first-order chi connectivity index (χ1) is 24.5. The molecule has 0 saturated carbocycles. The highest BCUT2D eigenvalue weighted by Crippen LogP contribution is 2.40. The fourth-order valence-electron chi connectivity index (χ4n) is 7.66. The Labute approximate surface area is 299 Å². The van der Waals surface area contributed by atoms with Gasteiger partial charge in [-0.05, 0) is 92.4 Å². The molecule has 248 valence electrons. The Morgan fingerprint density at radius 3 is 1.75 bits per heavy atom. The number of rotatable bonds is 3. The molecular weight excluding hydrogens is 619 g/mol. The Morgan fingerprint density at radius 2 is 1.04 bits per heavy atom. The summed E-state index contributed by atoms with van der Waals surface area (Å²) < 4.78 is 2.36. The monoisotopic (exact) mass is 659 g/mol. The van der Waals surface area contributed by atoms with Gasteiger partial charge in [0.2, 0.25) is 0 Å². The molecule has 0 aliphatic heterocycles. The van der Waals surface area contributed by atoms with E-state index >= 15 is 0 Å². The predicted molar refractivity (Wildman–Crippen MR) is 217 cm³/mol. The number of hydrogen-bond donors (Lipinski definition) is 0. The maximum absolute atomic E-state index is 5.44. The van der Waals surface area contributed by atoms with Crippen molar-refractivity contribution in [3.8, 4) is 28.1 Å². The van der Waals surface area contributed by atoms with Gasteiger partial charge in [-0.1, -0.05) is 126 Å². The molecule has 0 unspecified atom stereocenters. The van der Waals surface area contributed by atoms with Gasteiger partial charge in [0, 0.05) is 32.8 Å². The van der Waals surface area contributed by atoms with Crippen molar-refractivity contribution in [2.24, 2.45) is 0 Å². The average Bonchev–Trinajstić information content (AvgIpc) is 3.47. The number of benzene rings is 7. The predicted octanol–water partition coefficient (Wildman–Crippen LogP) is 13.0. The quantitative estimate of drug-likeness (QED) is 0.177. The zero-order valence-corrected chi connectivity index (χ0v) is 30.1. The zero-order chi connectivity index (χ0) is 35.1. The van der Waals surface area contributed by atoms with Crippen molar-refractivity contribution in [3.05, 3.63) is 151 Å². The van der Waals surface area contributed by atoms with Gasteiger partial charge in [-0.25, -0.2) is 4.98 Å². The lowest BCUT2D eigenvalue weighted by Crippen LogP contribution is -2.11. The molecule has 3 nitrogen and oxygen atoms in total. The molecule has 0 amide bonds. The molecule has 0 spiro atoms. The van der Waals surface area contributed by atoms with Gasteiger partial charge in [0.15, 0.2) is 0 Å². The second-order valence-electron chi connectivity index (χ2n) is 16.0. The van der Waals surface area contributed by atoms with Gasteiger partial charge in [-0.3, -0.25) is 4.98 Å². The van der Waals surface area contributed by atoms with Gasteiger partial charge >= 0.3 is 0 Å².